The molecule has 1 unspecified atom stereocenters. The van der Waals surface area contributed by atoms with E-state index in [0.717, 1.165) is 5.56 Å². The molecule has 1 heterocycles. The molecule has 0 aromatic heterocycles. The van der Waals surface area contributed by atoms with E-state index in [1.165, 1.54) is 19.1 Å². The molecule has 1 atom stereocenters. The average molecular weight is 489 g/mol. The van der Waals surface area contributed by atoms with Gasteiger partial charge in [-0.3, -0.25) is 14.5 Å². The first-order valence-corrected chi connectivity index (χ1v) is 11.0. The molecule has 3 aromatic carbocycles. The van der Waals surface area contributed by atoms with Gasteiger partial charge in [0.2, 0.25) is 0 Å². The summed E-state index contributed by atoms with van der Waals surface area (Å²) in [5.74, 6) is -1.51. The summed E-state index contributed by atoms with van der Waals surface area (Å²) in [4.78, 5) is 28.0. The van der Waals surface area contributed by atoms with Crippen LogP contribution in [-0.2, 0) is 9.59 Å². The fourth-order valence-corrected chi connectivity index (χ4v) is 4.59. The molecule has 0 spiro atoms. The number of aliphatic hydroxyl groups is 1. The monoisotopic (exact) mass is 488 g/mol. The van der Waals surface area contributed by atoms with Crippen LogP contribution in [0.1, 0.15) is 28.3 Å². The van der Waals surface area contributed by atoms with E-state index in [2.05, 4.69) is 0 Å². The number of nitrogens with zero attached hydrogens (tertiary/aromatic N) is 2. The lowest BCUT2D eigenvalue weighted by molar-refractivity contribution is -0.132. The minimum Gasteiger partial charge on any atom is -0.507 e. The second-order valence-electron chi connectivity index (χ2n) is 7.90. The Kier molecular flexibility index (Phi) is 6.50. The number of ether oxygens (including phenoxy) is 2. The Labute approximate surface area is 207 Å². The van der Waals surface area contributed by atoms with Crippen molar-refractivity contribution in [1.82, 2.24) is 0 Å². The Bertz CT molecular complexity index is 1410. The van der Waals surface area contributed by atoms with Gasteiger partial charge < -0.3 is 14.6 Å². The fraction of sp³-hybridized carbons (Fsp3) is 0.148. The largest absolute Gasteiger partial charge is 0.507 e. The summed E-state index contributed by atoms with van der Waals surface area (Å²) < 4.78 is 10.9. The van der Waals surface area contributed by atoms with Crippen molar-refractivity contribution < 1.29 is 24.2 Å². The van der Waals surface area contributed by atoms with Crippen LogP contribution in [0, 0.1) is 18.3 Å². The number of rotatable bonds is 5. The molecule has 0 bridgehead atoms. The number of aliphatic hydroxyl groups excluding tert-OH is 1. The topological polar surface area (TPSA) is 99.9 Å². The number of benzene rings is 3. The molecule has 176 valence electrons. The highest BCUT2D eigenvalue weighted by Crippen LogP contribution is 2.46. The lowest BCUT2D eigenvalue weighted by Gasteiger charge is -2.26. The predicted molar refractivity (Wildman–Crippen MR) is 132 cm³/mol. The van der Waals surface area contributed by atoms with Crippen molar-refractivity contribution in [3.63, 3.8) is 0 Å². The molecule has 0 aliphatic carbocycles. The number of anilines is 1. The fourth-order valence-electron chi connectivity index (χ4n) is 4.24. The van der Waals surface area contributed by atoms with Gasteiger partial charge in [0.1, 0.15) is 17.3 Å². The van der Waals surface area contributed by atoms with E-state index in [9.17, 15) is 14.7 Å². The van der Waals surface area contributed by atoms with E-state index in [0.29, 0.717) is 22.6 Å². The van der Waals surface area contributed by atoms with Crippen molar-refractivity contribution in [3.05, 3.63) is 93.5 Å². The van der Waals surface area contributed by atoms with Gasteiger partial charge in [-0.1, -0.05) is 29.8 Å². The summed E-state index contributed by atoms with van der Waals surface area (Å²) >= 11 is 6.34. The number of hydrogen-bond donors (Lipinski definition) is 1. The van der Waals surface area contributed by atoms with E-state index in [4.69, 9.17) is 26.3 Å². The summed E-state index contributed by atoms with van der Waals surface area (Å²) in [6, 6.07) is 17.5. The molecule has 1 fully saturated rings. The average Bonchev–Trinajstić information content (AvgIpc) is 3.13. The number of nitriles is 1. The van der Waals surface area contributed by atoms with Crippen LogP contribution in [0.3, 0.4) is 0 Å². The van der Waals surface area contributed by atoms with Crippen LogP contribution < -0.4 is 14.4 Å². The Balaban J connectivity index is 2.03. The summed E-state index contributed by atoms with van der Waals surface area (Å²) in [7, 11) is 2.89. The number of amides is 1. The van der Waals surface area contributed by atoms with Gasteiger partial charge in [-0.25, -0.2) is 0 Å². The summed E-state index contributed by atoms with van der Waals surface area (Å²) in [5, 5.41) is 20.9. The van der Waals surface area contributed by atoms with Crippen molar-refractivity contribution in [2.75, 3.05) is 19.1 Å². The molecule has 8 heteroatoms. The number of para-hydroxylation sites is 1. The Morgan fingerprint density at radius 3 is 2.37 bits per heavy atom. The van der Waals surface area contributed by atoms with Crippen LogP contribution in [0.15, 0.2) is 66.2 Å². The highest BCUT2D eigenvalue weighted by Gasteiger charge is 2.48. The number of ketones is 1. The first-order chi connectivity index (χ1) is 16.8. The van der Waals surface area contributed by atoms with Gasteiger partial charge in [-0.15, -0.1) is 0 Å². The first kappa shape index (κ1) is 23.9. The molecule has 1 N–H and O–H groups in total. The van der Waals surface area contributed by atoms with E-state index in [-0.39, 0.29) is 21.9 Å². The zero-order valence-electron chi connectivity index (χ0n) is 19.2. The minimum absolute atomic E-state index is 0.135. The van der Waals surface area contributed by atoms with Crippen molar-refractivity contribution in [3.8, 4) is 17.6 Å². The van der Waals surface area contributed by atoms with Gasteiger partial charge in [0, 0.05) is 11.3 Å². The van der Waals surface area contributed by atoms with E-state index in [1.807, 2.05) is 6.07 Å². The molecule has 0 saturated carbocycles. The SMILES string of the molecule is COc1ccccc1C1/C(=C(\O)c2cc(C)cc(Cl)c2OC)C(=O)C(=O)N1c1ccc(C#N)cc1. The van der Waals surface area contributed by atoms with Crippen LogP contribution in [0.4, 0.5) is 5.69 Å². The third kappa shape index (κ3) is 4.09. The summed E-state index contributed by atoms with van der Waals surface area (Å²) in [6.45, 7) is 1.79. The van der Waals surface area contributed by atoms with Crippen LogP contribution >= 0.6 is 11.6 Å². The second kappa shape index (κ2) is 9.53. The summed E-state index contributed by atoms with van der Waals surface area (Å²) in [6.07, 6.45) is 0. The third-order valence-electron chi connectivity index (χ3n) is 5.80. The second-order valence-corrected chi connectivity index (χ2v) is 8.30. The zero-order chi connectivity index (χ0) is 25.3. The highest BCUT2D eigenvalue weighted by molar-refractivity contribution is 6.51. The number of aryl methyl sites for hydroxylation is 1. The smallest absolute Gasteiger partial charge is 0.300 e. The van der Waals surface area contributed by atoms with Gasteiger partial charge in [0.15, 0.2) is 0 Å². The number of carbonyl (C=O) groups excluding carboxylic acids is 2. The van der Waals surface area contributed by atoms with Gasteiger partial charge in [0.25, 0.3) is 11.7 Å². The van der Waals surface area contributed by atoms with E-state index >= 15 is 0 Å². The minimum atomic E-state index is -1.01. The zero-order valence-corrected chi connectivity index (χ0v) is 20.0. The first-order valence-electron chi connectivity index (χ1n) is 10.6. The molecule has 4 rings (SSSR count). The normalized spacial score (nSPS) is 16.8. The van der Waals surface area contributed by atoms with Crippen LogP contribution in [-0.4, -0.2) is 31.0 Å². The Morgan fingerprint density at radius 1 is 1.06 bits per heavy atom. The number of Topliss-reactive ketones (excluding diaryl/α,β-unsaturated/α-hetero) is 1. The molecule has 1 aliphatic heterocycles. The van der Waals surface area contributed by atoms with Gasteiger partial charge in [-0.05, 0) is 55.0 Å². The standard InChI is InChI=1S/C27H21ClN2O5/c1-15-12-19(26(35-3)20(28)13-15)24(31)22-23(18-6-4-5-7-21(18)34-2)30(27(33)25(22)32)17-10-8-16(14-29)9-11-17/h4-13,23,31H,1-3H3/b24-22+. The Hall–Kier alpha value is -4.28. The van der Waals surface area contributed by atoms with Crippen molar-refractivity contribution in [2.45, 2.75) is 13.0 Å². The molecule has 1 amide bonds. The van der Waals surface area contributed by atoms with Crippen LogP contribution in [0.25, 0.3) is 5.76 Å². The molecular weight excluding hydrogens is 468 g/mol. The molecule has 7 nitrogen and oxygen atoms in total. The van der Waals surface area contributed by atoms with Crippen molar-refractivity contribution >= 4 is 34.7 Å². The van der Waals surface area contributed by atoms with E-state index in [1.54, 1.807) is 67.6 Å². The molecule has 0 radical (unpaired) electrons. The maximum atomic E-state index is 13.4. The van der Waals surface area contributed by atoms with Gasteiger partial charge in [-0.2, -0.15) is 5.26 Å². The Morgan fingerprint density at radius 2 is 1.74 bits per heavy atom. The van der Waals surface area contributed by atoms with Gasteiger partial charge >= 0.3 is 0 Å². The van der Waals surface area contributed by atoms with Crippen molar-refractivity contribution in [1.29, 1.82) is 5.26 Å². The third-order valence-corrected chi connectivity index (χ3v) is 6.08. The predicted octanol–water partition coefficient (Wildman–Crippen LogP) is 5.16. The lowest BCUT2D eigenvalue weighted by Crippen LogP contribution is -2.29. The number of methoxy groups -OCH3 is 2. The molecule has 3 aromatic rings. The number of hydrogen-bond acceptors (Lipinski definition) is 6. The van der Waals surface area contributed by atoms with E-state index < -0.39 is 23.5 Å². The quantitative estimate of drug-likeness (QED) is 0.302. The van der Waals surface area contributed by atoms with Crippen LogP contribution in [0.5, 0.6) is 11.5 Å². The number of halogens is 1. The molecule has 1 aliphatic rings. The number of carbonyl (C=O) groups is 2. The lowest BCUT2D eigenvalue weighted by atomic mass is 9.93. The van der Waals surface area contributed by atoms with Gasteiger partial charge in [0.05, 0.1) is 48.1 Å². The van der Waals surface area contributed by atoms with Crippen LogP contribution in [0.2, 0.25) is 5.02 Å². The molecule has 1 saturated heterocycles. The highest BCUT2D eigenvalue weighted by atomic mass is 35.5. The molecular formula is C27H21ClN2O5. The molecule has 35 heavy (non-hydrogen) atoms. The maximum Gasteiger partial charge on any atom is 0.300 e. The van der Waals surface area contributed by atoms with Crippen molar-refractivity contribution in [2.24, 2.45) is 0 Å². The maximum absolute atomic E-state index is 13.4. The summed E-state index contributed by atoms with van der Waals surface area (Å²) in [5.41, 5.74) is 2.07.